The van der Waals surface area contributed by atoms with Crippen molar-refractivity contribution in [1.29, 1.82) is 15.8 Å². The lowest BCUT2D eigenvalue weighted by atomic mass is 9.87. The first-order valence-corrected chi connectivity index (χ1v) is 25.9. The summed E-state index contributed by atoms with van der Waals surface area (Å²) in [6, 6.07) is 23.8. The lowest BCUT2D eigenvalue weighted by molar-refractivity contribution is 0.219. The number of hydrogen-bond acceptors (Lipinski definition) is 8. The van der Waals surface area contributed by atoms with Crippen LogP contribution in [0.25, 0.3) is 24.3 Å². The van der Waals surface area contributed by atoms with Crippen LogP contribution in [0.3, 0.4) is 0 Å². The van der Waals surface area contributed by atoms with Crippen molar-refractivity contribution in [2.24, 2.45) is 0 Å². The summed E-state index contributed by atoms with van der Waals surface area (Å²) in [5, 5.41) is 32.2. The average Bonchev–Trinajstić information content (AvgIpc) is 3.29. The lowest BCUT2D eigenvalue weighted by Crippen LogP contribution is -2.25. The number of hydrogen-bond donors (Lipinski definition) is 0. The van der Waals surface area contributed by atoms with Crippen LogP contribution in [0.2, 0.25) is 0 Å². The van der Waals surface area contributed by atoms with Gasteiger partial charge in [0.05, 0.1) is 36.1 Å². The van der Waals surface area contributed by atoms with E-state index >= 15 is 0 Å². The van der Waals surface area contributed by atoms with Crippen LogP contribution in [0.15, 0.2) is 48.5 Å². The van der Waals surface area contributed by atoms with Gasteiger partial charge >= 0.3 is 7.60 Å². The maximum atomic E-state index is 14.0. The van der Waals surface area contributed by atoms with Crippen molar-refractivity contribution >= 4 is 43.3 Å². The normalized spacial score (nSPS) is 11.5. The predicted octanol–water partition coefficient (Wildman–Crippen LogP) is 15.3. The summed E-state index contributed by atoms with van der Waals surface area (Å²) >= 11 is 0. The molecular weight excluding hydrogens is 798 g/mol. The molecule has 0 spiro atoms. The van der Waals surface area contributed by atoms with Gasteiger partial charge in [0.15, 0.2) is 0 Å². The minimum atomic E-state index is -3.76. The number of anilines is 2. The van der Waals surface area contributed by atoms with E-state index in [4.69, 9.17) is 9.05 Å². The number of benzene rings is 3. The molecule has 0 aliphatic heterocycles. The van der Waals surface area contributed by atoms with Gasteiger partial charge in [-0.15, -0.1) is 0 Å². The molecule has 0 N–H and O–H groups in total. The van der Waals surface area contributed by atoms with Gasteiger partial charge < -0.3 is 18.8 Å². The first-order valence-electron chi connectivity index (χ1n) is 24.1. The minimum Gasteiger partial charge on any atom is -0.372 e. The molecule has 3 rings (SSSR count). The molecule has 63 heavy (non-hydrogen) atoms. The van der Waals surface area contributed by atoms with Gasteiger partial charge in [0.25, 0.3) is 0 Å². The molecule has 0 fully saturated rings. The van der Waals surface area contributed by atoms with Crippen molar-refractivity contribution in [2.75, 3.05) is 49.2 Å². The predicted molar refractivity (Wildman–Crippen MR) is 267 cm³/mol. The van der Waals surface area contributed by atoms with Gasteiger partial charge in [-0.25, -0.2) is 0 Å². The van der Waals surface area contributed by atoms with Crippen LogP contribution >= 0.6 is 7.60 Å². The molecule has 3 aromatic carbocycles. The Morgan fingerprint density at radius 2 is 0.810 bits per heavy atom. The van der Waals surface area contributed by atoms with E-state index in [1.165, 1.54) is 88.4 Å². The van der Waals surface area contributed by atoms with E-state index in [-0.39, 0.29) is 41.6 Å². The van der Waals surface area contributed by atoms with Crippen LogP contribution in [0.4, 0.5) is 11.4 Å². The Balaban J connectivity index is 2.11. The van der Waals surface area contributed by atoms with Crippen molar-refractivity contribution in [3.63, 3.8) is 0 Å². The van der Waals surface area contributed by atoms with Crippen molar-refractivity contribution < 1.29 is 13.6 Å². The van der Waals surface area contributed by atoms with Crippen LogP contribution in [0.1, 0.15) is 189 Å². The van der Waals surface area contributed by atoms with Gasteiger partial charge in [-0.2, -0.15) is 15.8 Å². The topological polar surface area (TPSA) is 113 Å². The van der Waals surface area contributed by atoms with E-state index in [0.717, 1.165) is 63.0 Å². The highest BCUT2D eigenvalue weighted by Crippen LogP contribution is 2.53. The third-order valence-corrected chi connectivity index (χ3v) is 13.6. The molecule has 0 saturated heterocycles. The molecule has 0 amide bonds. The van der Waals surface area contributed by atoms with Crippen molar-refractivity contribution in [2.45, 2.75) is 150 Å². The maximum absolute atomic E-state index is 14.0. The van der Waals surface area contributed by atoms with Gasteiger partial charge in [0.1, 0.15) is 18.2 Å². The highest BCUT2D eigenvalue weighted by Gasteiger charge is 2.31. The summed E-state index contributed by atoms with van der Waals surface area (Å²) in [4.78, 5) is 4.99. The Morgan fingerprint density at radius 3 is 1.10 bits per heavy atom. The van der Waals surface area contributed by atoms with E-state index in [0.29, 0.717) is 11.1 Å². The first kappa shape index (κ1) is 52.7. The molecule has 0 aliphatic rings. The first-order chi connectivity index (χ1) is 30.8. The van der Waals surface area contributed by atoms with E-state index < -0.39 is 7.60 Å². The summed E-state index contributed by atoms with van der Waals surface area (Å²) in [6.45, 7) is 16.8. The van der Waals surface area contributed by atoms with E-state index in [1.54, 1.807) is 26.0 Å². The molecule has 0 radical (unpaired) electrons. The maximum Gasteiger partial charge on any atom is 0.335 e. The second-order valence-electron chi connectivity index (χ2n) is 16.4. The smallest absolute Gasteiger partial charge is 0.335 e. The standard InChI is InChI=1S/C54H76N5O3P/c1-7-13-17-21-37-58(38-22-18-14-8-2)47-31-25-45(26-32-47)29-35-49-51(41-55)50(53(43-57)54(52(49)42-56)44-63(60,61-11-5)62-12-6)36-30-46-27-33-48(34-28-46)59(39-23-19-15-9-3)40-24-20-16-10-4/h25-36H,7-24,37-40,44H2,1-6H3/b35-29+,36-30+. The highest BCUT2D eigenvalue weighted by atomic mass is 31.2. The van der Waals surface area contributed by atoms with Crippen LogP contribution in [0.5, 0.6) is 0 Å². The van der Waals surface area contributed by atoms with Gasteiger partial charge in [-0.1, -0.05) is 153 Å². The number of nitrogens with zero attached hydrogens (tertiary/aromatic N) is 5. The third kappa shape index (κ3) is 17.5. The molecule has 0 aromatic heterocycles. The summed E-state index contributed by atoms with van der Waals surface area (Å²) in [5.74, 6) is 0. The number of rotatable bonds is 32. The average molecular weight is 874 g/mol. The summed E-state index contributed by atoms with van der Waals surface area (Å²) < 4.78 is 25.4. The Hall–Kier alpha value is -4.64. The molecule has 3 aromatic rings. The molecule has 0 bridgehead atoms. The van der Waals surface area contributed by atoms with E-state index in [2.05, 4.69) is 104 Å². The Labute approximate surface area is 382 Å². The third-order valence-electron chi connectivity index (χ3n) is 11.5. The molecule has 0 heterocycles. The molecule has 0 unspecified atom stereocenters. The zero-order chi connectivity index (χ0) is 45.7. The van der Waals surface area contributed by atoms with Gasteiger partial charge in [0.2, 0.25) is 0 Å². The molecule has 340 valence electrons. The highest BCUT2D eigenvalue weighted by molar-refractivity contribution is 7.53. The van der Waals surface area contributed by atoms with Crippen molar-refractivity contribution in [1.82, 2.24) is 0 Å². The Kier molecular flexibility index (Phi) is 25.5. The fraction of sp³-hybridized carbons (Fsp3) is 0.537. The van der Waals surface area contributed by atoms with Crippen LogP contribution < -0.4 is 9.80 Å². The summed E-state index contributed by atoms with van der Waals surface area (Å²) in [7, 11) is -3.76. The fourth-order valence-electron chi connectivity index (χ4n) is 8.04. The fourth-order valence-corrected chi connectivity index (χ4v) is 9.78. The minimum absolute atomic E-state index is 0.111. The molecular formula is C54H76N5O3P. The lowest BCUT2D eigenvalue weighted by Gasteiger charge is -2.25. The second kappa shape index (κ2) is 30.4. The van der Waals surface area contributed by atoms with E-state index in [9.17, 15) is 20.4 Å². The zero-order valence-corrected chi connectivity index (χ0v) is 40.5. The molecule has 9 heteroatoms. The van der Waals surface area contributed by atoms with Gasteiger partial charge in [0, 0.05) is 54.2 Å². The quantitative estimate of drug-likeness (QED) is 0.0346. The van der Waals surface area contributed by atoms with Crippen LogP contribution in [-0.4, -0.2) is 39.4 Å². The number of unbranched alkanes of at least 4 members (excludes halogenated alkanes) is 12. The Morgan fingerprint density at radius 1 is 0.476 bits per heavy atom. The van der Waals surface area contributed by atoms with Gasteiger partial charge in [-0.3, -0.25) is 4.57 Å². The Bertz CT molecular complexity index is 1870. The van der Waals surface area contributed by atoms with Crippen molar-refractivity contribution in [3.8, 4) is 18.2 Å². The molecule has 0 atom stereocenters. The largest absolute Gasteiger partial charge is 0.372 e. The molecule has 0 saturated carbocycles. The summed E-state index contributed by atoms with van der Waals surface area (Å²) in [6.07, 6.45) is 26.4. The monoisotopic (exact) mass is 874 g/mol. The molecule has 8 nitrogen and oxygen atoms in total. The second-order valence-corrected chi connectivity index (χ2v) is 18.5. The van der Waals surface area contributed by atoms with Crippen LogP contribution in [0, 0.1) is 34.0 Å². The summed E-state index contributed by atoms with van der Waals surface area (Å²) in [5.41, 5.74) is 5.59. The van der Waals surface area contributed by atoms with Crippen LogP contribution in [-0.2, 0) is 19.8 Å². The van der Waals surface area contributed by atoms with Crippen molar-refractivity contribution in [3.05, 3.63) is 93.0 Å². The van der Waals surface area contributed by atoms with E-state index in [1.807, 2.05) is 12.2 Å². The SMILES string of the molecule is CCCCCCN(CCCCCC)c1ccc(/C=C/c2c(C#N)c(/C=C/c3ccc(N(CCCCCC)CCCCCC)cc3)c(C#N)c(CP(=O)(OCC)OCC)c2C#N)cc1. The number of nitriles is 3. The molecule has 0 aliphatic carbocycles. The zero-order valence-electron chi connectivity index (χ0n) is 39.6. The van der Waals surface area contributed by atoms with Gasteiger partial charge in [-0.05, 0) is 74.9 Å².